The van der Waals surface area contributed by atoms with Gasteiger partial charge >= 0.3 is 0 Å². The molecule has 0 rings (SSSR count). The zero-order valence-corrected chi connectivity index (χ0v) is 12.2. The molecule has 0 spiro atoms. The van der Waals surface area contributed by atoms with E-state index >= 15 is 0 Å². The van der Waals surface area contributed by atoms with E-state index in [1.165, 1.54) is 64.2 Å². The average molecular weight is 224 g/mol. The standard InChI is InChI=1S/C15H33B/c1-4-5-6-7-8-11-14(2)12-9-10-13-15(3)16/h14-15H,4-13,16H2,1-3H3. The van der Waals surface area contributed by atoms with Crippen molar-refractivity contribution in [3.05, 3.63) is 0 Å². The summed E-state index contributed by atoms with van der Waals surface area (Å²) in [5.41, 5.74) is 0. The summed E-state index contributed by atoms with van der Waals surface area (Å²) in [6.45, 7) is 7.06. The summed E-state index contributed by atoms with van der Waals surface area (Å²) in [5, 5.41) is 0. The first-order valence-electron chi connectivity index (χ1n) is 7.66. The maximum atomic E-state index is 2.44. The van der Waals surface area contributed by atoms with Gasteiger partial charge in [-0.25, -0.2) is 0 Å². The molecule has 0 radical (unpaired) electrons. The topological polar surface area (TPSA) is 0 Å². The van der Waals surface area contributed by atoms with Crippen molar-refractivity contribution in [1.82, 2.24) is 0 Å². The van der Waals surface area contributed by atoms with Gasteiger partial charge in [-0.3, -0.25) is 0 Å². The van der Waals surface area contributed by atoms with Crippen molar-refractivity contribution in [2.75, 3.05) is 0 Å². The Morgan fingerprint density at radius 3 is 1.81 bits per heavy atom. The van der Waals surface area contributed by atoms with Crippen molar-refractivity contribution in [1.29, 1.82) is 0 Å². The molecule has 0 heterocycles. The van der Waals surface area contributed by atoms with Gasteiger partial charge in [0.15, 0.2) is 0 Å². The van der Waals surface area contributed by atoms with E-state index in [1.54, 1.807) is 0 Å². The molecule has 1 heteroatoms. The lowest BCUT2D eigenvalue weighted by Gasteiger charge is -2.11. The van der Waals surface area contributed by atoms with Crippen molar-refractivity contribution in [2.45, 2.75) is 90.8 Å². The molecule has 0 saturated carbocycles. The van der Waals surface area contributed by atoms with Crippen molar-refractivity contribution < 1.29 is 0 Å². The third-order valence-electron chi connectivity index (χ3n) is 3.53. The number of hydrogen-bond donors (Lipinski definition) is 0. The van der Waals surface area contributed by atoms with Crippen molar-refractivity contribution >= 4 is 7.85 Å². The second-order valence-electron chi connectivity index (χ2n) is 5.99. The molecule has 0 aromatic heterocycles. The second-order valence-corrected chi connectivity index (χ2v) is 5.99. The van der Waals surface area contributed by atoms with E-state index in [4.69, 9.17) is 0 Å². The Morgan fingerprint density at radius 1 is 0.750 bits per heavy atom. The van der Waals surface area contributed by atoms with Gasteiger partial charge in [-0.1, -0.05) is 90.8 Å². The highest BCUT2D eigenvalue weighted by Crippen LogP contribution is 2.18. The minimum atomic E-state index is 0.893. The Morgan fingerprint density at radius 2 is 1.25 bits per heavy atom. The fourth-order valence-electron chi connectivity index (χ4n) is 2.29. The van der Waals surface area contributed by atoms with E-state index in [0.717, 1.165) is 11.7 Å². The van der Waals surface area contributed by atoms with Crippen LogP contribution in [0.15, 0.2) is 0 Å². The molecule has 0 aromatic carbocycles. The minimum absolute atomic E-state index is 0.893. The van der Waals surface area contributed by atoms with E-state index in [1.807, 2.05) is 0 Å². The largest absolute Gasteiger partial charge is 0.105 e. The fourth-order valence-corrected chi connectivity index (χ4v) is 2.29. The van der Waals surface area contributed by atoms with Crippen LogP contribution in [0, 0.1) is 5.92 Å². The summed E-state index contributed by atoms with van der Waals surface area (Å²) < 4.78 is 0. The highest BCUT2D eigenvalue weighted by atomic mass is 14.1. The lowest BCUT2D eigenvalue weighted by Crippen LogP contribution is -1.96. The number of rotatable bonds is 11. The quantitative estimate of drug-likeness (QED) is 0.343. The molecule has 0 bridgehead atoms. The zero-order chi connectivity index (χ0) is 12.2. The predicted octanol–water partition coefficient (Wildman–Crippen LogP) is 4.98. The molecule has 2 atom stereocenters. The smallest absolute Gasteiger partial charge is 0.0725 e. The van der Waals surface area contributed by atoms with Gasteiger partial charge in [0.1, 0.15) is 7.85 Å². The van der Waals surface area contributed by atoms with Gasteiger partial charge in [0, 0.05) is 0 Å². The third kappa shape index (κ3) is 12.1. The molecule has 0 aliphatic carbocycles. The van der Waals surface area contributed by atoms with Gasteiger partial charge in [-0.15, -0.1) is 0 Å². The van der Waals surface area contributed by atoms with Gasteiger partial charge < -0.3 is 0 Å². The number of hydrogen-bond acceptors (Lipinski definition) is 0. The molecule has 0 amide bonds. The highest BCUT2D eigenvalue weighted by Gasteiger charge is 2.02. The Labute approximate surface area is 105 Å². The molecule has 0 nitrogen and oxygen atoms in total. The Kier molecular flexibility index (Phi) is 11.6. The van der Waals surface area contributed by atoms with Crippen LogP contribution < -0.4 is 0 Å². The fraction of sp³-hybridized carbons (Fsp3) is 1.00. The highest BCUT2D eigenvalue weighted by molar-refractivity contribution is 6.11. The Balaban J connectivity index is 3.15. The molecular weight excluding hydrogens is 191 g/mol. The zero-order valence-electron chi connectivity index (χ0n) is 12.2. The minimum Gasteiger partial charge on any atom is -0.0725 e. The molecule has 0 aliphatic rings. The lowest BCUT2D eigenvalue weighted by atomic mass is 9.84. The van der Waals surface area contributed by atoms with E-state index in [2.05, 4.69) is 28.6 Å². The molecule has 0 saturated heterocycles. The van der Waals surface area contributed by atoms with Crippen molar-refractivity contribution in [2.24, 2.45) is 5.92 Å². The molecule has 0 aliphatic heterocycles. The van der Waals surface area contributed by atoms with Crippen molar-refractivity contribution in [3.63, 3.8) is 0 Å². The third-order valence-corrected chi connectivity index (χ3v) is 3.53. The average Bonchev–Trinajstić information content (AvgIpc) is 2.24. The van der Waals surface area contributed by atoms with Crippen LogP contribution in [0.3, 0.4) is 0 Å². The number of unbranched alkanes of at least 4 members (excludes halogenated alkanes) is 5. The Bertz CT molecular complexity index is 131. The summed E-state index contributed by atoms with van der Waals surface area (Å²) in [5.74, 6) is 1.86. The van der Waals surface area contributed by atoms with Gasteiger partial charge in [0.2, 0.25) is 0 Å². The molecule has 2 unspecified atom stereocenters. The first kappa shape index (κ1) is 16.1. The molecule has 16 heavy (non-hydrogen) atoms. The summed E-state index contributed by atoms with van der Waals surface area (Å²) in [4.78, 5) is 0. The van der Waals surface area contributed by atoms with Crippen LogP contribution in [0.1, 0.15) is 85.0 Å². The first-order valence-corrected chi connectivity index (χ1v) is 7.66. The normalized spacial score (nSPS) is 14.9. The van der Waals surface area contributed by atoms with E-state index in [-0.39, 0.29) is 0 Å². The van der Waals surface area contributed by atoms with E-state index in [9.17, 15) is 0 Å². The van der Waals surface area contributed by atoms with Crippen LogP contribution in [-0.4, -0.2) is 7.85 Å². The summed E-state index contributed by atoms with van der Waals surface area (Å²) in [6.07, 6.45) is 14.4. The summed E-state index contributed by atoms with van der Waals surface area (Å²) in [7, 11) is 2.33. The molecule has 0 aromatic rings. The lowest BCUT2D eigenvalue weighted by molar-refractivity contribution is 0.435. The van der Waals surface area contributed by atoms with Crippen LogP contribution in [0.4, 0.5) is 0 Å². The van der Waals surface area contributed by atoms with Crippen LogP contribution in [-0.2, 0) is 0 Å². The van der Waals surface area contributed by atoms with Crippen LogP contribution in [0.5, 0.6) is 0 Å². The van der Waals surface area contributed by atoms with Crippen LogP contribution in [0.2, 0.25) is 5.82 Å². The van der Waals surface area contributed by atoms with Crippen LogP contribution in [0.25, 0.3) is 0 Å². The monoisotopic (exact) mass is 224 g/mol. The van der Waals surface area contributed by atoms with E-state index < -0.39 is 0 Å². The second kappa shape index (κ2) is 11.5. The van der Waals surface area contributed by atoms with Crippen molar-refractivity contribution in [3.8, 4) is 0 Å². The first-order chi connectivity index (χ1) is 7.66. The summed E-state index contributed by atoms with van der Waals surface area (Å²) in [6, 6.07) is 0. The van der Waals surface area contributed by atoms with Crippen LogP contribution >= 0.6 is 0 Å². The molecule has 0 fully saturated rings. The van der Waals surface area contributed by atoms with Gasteiger partial charge in [-0.2, -0.15) is 0 Å². The van der Waals surface area contributed by atoms with Gasteiger partial charge in [0.05, 0.1) is 0 Å². The van der Waals surface area contributed by atoms with Gasteiger partial charge in [-0.05, 0) is 5.92 Å². The molecule has 96 valence electrons. The predicted molar refractivity (Wildman–Crippen MR) is 79.0 cm³/mol. The molecule has 0 N–H and O–H groups in total. The van der Waals surface area contributed by atoms with E-state index in [0.29, 0.717) is 0 Å². The SMILES string of the molecule is BC(C)CCCCC(C)CCCCCCC. The van der Waals surface area contributed by atoms with Gasteiger partial charge in [0.25, 0.3) is 0 Å². The Hall–Kier alpha value is 0.0649. The summed E-state index contributed by atoms with van der Waals surface area (Å²) >= 11 is 0. The maximum absolute atomic E-state index is 2.44. The molecular formula is C15H33B. The maximum Gasteiger partial charge on any atom is 0.105 e.